The monoisotopic (exact) mass is 379 g/mol. The number of carbonyl (C=O) groups is 2. The van der Waals surface area contributed by atoms with Crippen LogP contribution in [0.1, 0.15) is 29.2 Å². The number of aryl methyl sites for hydroxylation is 2. The van der Waals surface area contributed by atoms with Gasteiger partial charge in [0.25, 0.3) is 5.91 Å². The van der Waals surface area contributed by atoms with E-state index in [4.69, 9.17) is 0 Å². The number of nitrogens with zero attached hydrogens (tertiary/aromatic N) is 3. The largest absolute Gasteiger partial charge is 0.274 e. The van der Waals surface area contributed by atoms with E-state index in [1.807, 2.05) is 32.0 Å². The second kappa shape index (κ2) is 6.22. The average Bonchev–Trinajstić information content (AvgIpc) is 3.31. The van der Waals surface area contributed by atoms with Crippen LogP contribution < -0.4 is 4.90 Å². The number of rotatable bonds is 2. The van der Waals surface area contributed by atoms with Crippen molar-refractivity contribution in [3.05, 3.63) is 65.0 Å². The summed E-state index contributed by atoms with van der Waals surface area (Å²) in [6.45, 7) is 5.56. The molecule has 0 unspecified atom stereocenters. The van der Waals surface area contributed by atoms with Crippen LogP contribution in [0.15, 0.2) is 42.5 Å². The third-order valence-corrected chi connectivity index (χ3v) is 6.37. The SMILES string of the molecule is Cc1ccc(N2C(=O)[C@@H]3[C@@H](C2=O)N2CCCN2[C@H]3c2ccc(F)cc2)cc1C. The summed E-state index contributed by atoms with van der Waals surface area (Å²) in [5.41, 5.74) is 3.69. The van der Waals surface area contributed by atoms with Gasteiger partial charge >= 0.3 is 0 Å². The van der Waals surface area contributed by atoms with Crippen LogP contribution in [0.3, 0.4) is 0 Å². The molecule has 5 nitrogen and oxygen atoms in total. The maximum atomic E-state index is 13.5. The normalized spacial score (nSPS) is 27.5. The standard InChI is InChI=1S/C22H22FN3O2/c1-13-4-9-17(12-14(13)2)26-21(27)18-19(15-5-7-16(23)8-6-15)24-10-3-11-25(24)20(18)22(26)28/h4-9,12,18-20H,3,10-11H2,1-2H3/t18-,19-,20-/m0/s1. The highest BCUT2D eigenvalue weighted by molar-refractivity contribution is 6.24. The number of anilines is 1. The summed E-state index contributed by atoms with van der Waals surface area (Å²) in [5, 5.41) is 4.19. The lowest BCUT2D eigenvalue weighted by Crippen LogP contribution is -2.44. The highest BCUT2D eigenvalue weighted by atomic mass is 19.1. The highest BCUT2D eigenvalue weighted by Gasteiger charge is 2.62. The Hall–Kier alpha value is -2.57. The van der Waals surface area contributed by atoms with Crippen molar-refractivity contribution in [3.8, 4) is 0 Å². The molecule has 0 saturated carbocycles. The van der Waals surface area contributed by atoms with E-state index in [9.17, 15) is 14.0 Å². The van der Waals surface area contributed by atoms with Crippen molar-refractivity contribution in [2.75, 3.05) is 18.0 Å². The zero-order valence-electron chi connectivity index (χ0n) is 15.9. The van der Waals surface area contributed by atoms with Gasteiger partial charge in [-0.25, -0.2) is 19.3 Å². The lowest BCUT2D eigenvalue weighted by molar-refractivity contribution is -0.126. The van der Waals surface area contributed by atoms with Gasteiger partial charge in [0.2, 0.25) is 5.91 Å². The zero-order valence-corrected chi connectivity index (χ0v) is 15.9. The summed E-state index contributed by atoms with van der Waals surface area (Å²) in [6, 6.07) is 11.3. The molecule has 3 aliphatic rings. The van der Waals surface area contributed by atoms with E-state index in [2.05, 4.69) is 10.0 Å². The van der Waals surface area contributed by atoms with Crippen LogP contribution in [0.5, 0.6) is 0 Å². The topological polar surface area (TPSA) is 43.9 Å². The molecule has 0 aromatic heterocycles. The van der Waals surface area contributed by atoms with Crippen LogP contribution in [0.2, 0.25) is 0 Å². The number of imide groups is 1. The van der Waals surface area contributed by atoms with Crippen LogP contribution in [-0.4, -0.2) is 41.0 Å². The number of fused-ring (bicyclic) bond motifs is 3. The van der Waals surface area contributed by atoms with Crippen molar-refractivity contribution in [3.63, 3.8) is 0 Å². The van der Waals surface area contributed by atoms with Gasteiger partial charge in [-0.3, -0.25) is 9.59 Å². The van der Waals surface area contributed by atoms with Gasteiger partial charge in [0.1, 0.15) is 11.9 Å². The Morgan fingerprint density at radius 2 is 1.54 bits per heavy atom. The van der Waals surface area contributed by atoms with Crippen LogP contribution >= 0.6 is 0 Å². The average molecular weight is 379 g/mol. The molecule has 2 amide bonds. The molecule has 0 N–H and O–H groups in total. The van der Waals surface area contributed by atoms with Gasteiger partial charge < -0.3 is 0 Å². The van der Waals surface area contributed by atoms with Crippen molar-refractivity contribution in [1.82, 2.24) is 10.0 Å². The number of hydrazine groups is 1. The van der Waals surface area contributed by atoms with Gasteiger partial charge in [-0.1, -0.05) is 18.2 Å². The van der Waals surface area contributed by atoms with E-state index in [-0.39, 0.29) is 23.7 Å². The Morgan fingerprint density at radius 3 is 2.21 bits per heavy atom. The summed E-state index contributed by atoms with van der Waals surface area (Å²) >= 11 is 0. The Balaban J connectivity index is 1.58. The Kier molecular flexibility index (Phi) is 3.89. The van der Waals surface area contributed by atoms with E-state index in [0.717, 1.165) is 36.2 Å². The van der Waals surface area contributed by atoms with E-state index in [0.29, 0.717) is 5.69 Å². The first-order chi connectivity index (χ1) is 13.5. The fraction of sp³-hybridized carbons (Fsp3) is 0.364. The van der Waals surface area contributed by atoms with Crippen LogP contribution in [-0.2, 0) is 9.59 Å². The van der Waals surface area contributed by atoms with Crippen molar-refractivity contribution in [1.29, 1.82) is 0 Å². The second-order valence-corrected chi connectivity index (χ2v) is 7.93. The maximum Gasteiger partial charge on any atom is 0.253 e. The first-order valence-electron chi connectivity index (χ1n) is 9.71. The molecule has 3 aliphatic heterocycles. The lowest BCUT2D eigenvalue weighted by Gasteiger charge is -2.29. The first kappa shape index (κ1) is 17.5. The third kappa shape index (κ3) is 2.38. The number of benzene rings is 2. The van der Waals surface area contributed by atoms with Gasteiger partial charge in [0.05, 0.1) is 17.6 Å². The summed E-state index contributed by atoms with van der Waals surface area (Å²) in [6.07, 6.45) is 0.950. The summed E-state index contributed by atoms with van der Waals surface area (Å²) in [4.78, 5) is 28.2. The minimum absolute atomic E-state index is 0.158. The molecule has 6 heteroatoms. The molecule has 0 aliphatic carbocycles. The minimum Gasteiger partial charge on any atom is -0.274 e. The molecule has 3 fully saturated rings. The quantitative estimate of drug-likeness (QED) is 0.753. The summed E-state index contributed by atoms with van der Waals surface area (Å²) in [5.74, 6) is -1.10. The molecule has 0 radical (unpaired) electrons. The third-order valence-electron chi connectivity index (χ3n) is 6.37. The molecule has 3 atom stereocenters. The molecule has 0 spiro atoms. The molecule has 0 bridgehead atoms. The van der Waals surface area contributed by atoms with Crippen molar-refractivity contribution in [2.45, 2.75) is 32.4 Å². The summed E-state index contributed by atoms with van der Waals surface area (Å²) < 4.78 is 13.4. The minimum atomic E-state index is -0.480. The molecule has 144 valence electrons. The van der Waals surface area contributed by atoms with Crippen molar-refractivity contribution < 1.29 is 14.0 Å². The summed E-state index contributed by atoms with van der Waals surface area (Å²) in [7, 11) is 0. The van der Waals surface area contributed by atoms with E-state index in [1.165, 1.54) is 17.0 Å². The number of halogens is 1. The Bertz CT molecular complexity index is 974. The van der Waals surface area contributed by atoms with Crippen LogP contribution in [0.25, 0.3) is 0 Å². The zero-order chi connectivity index (χ0) is 19.6. The van der Waals surface area contributed by atoms with Crippen molar-refractivity contribution in [2.24, 2.45) is 5.92 Å². The molecule has 28 heavy (non-hydrogen) atoms. The van der Waals surface area contributed by atoms with E-state index < -0.39 is 12.0 Å². The second-order valence-electron chi connectivity index (χ2n) is 7.93. The smallest absolute Gasteiger partial charge is 0.253 e. The molecular weight excluding hydrogens is 357 g/mol. The van der Waals surface area contributed by atoms with Gasteiger partial charge in [-0.2, -0.15) is 0 Å². The fourth-order valence-electron chi connectivity index (χ4n) is 4.89. The van der Waals surface area contributed by atoms with Gasteiger partial charge in [-0.05, 0) is 61.2 Å². The molecule has 3 heterocycles. The predicted molar refractivity (Wildman–Crippen MR) is 103 cm³/mol. The number of hydrogen-bond acceptors (Lipinski definition) is 4. The highest BCUT2D eigenvalue weighted by Crippen LogP contribution is 2.48. The Labute approximate surface area is 163 Å². The molecule has 2 aromatic carbocycles. The van der Waals surface area contributed by atoms with Gasteiger partial charge in [0, 0.05) is 13.1 Å². The van der Waals surface area contributed by atoms with Gasteiger partial charge in [0.15, 0.2) is 0 Å². The Morgan fingerprint density at radius 1 is 0.857 bits per heavy atom. The van der Waals surface area contributed by atoms with Crippen LogP contribution in [0.4, 0.5) is 10.1 Å². The molecule has 3 saturated heterocycles. The molecular formula is C22H22FN3O2. The lowest BCUT2D eigenvalue weighted by atomic mass is 9.90. The van der Waals surface area contributed by atoms with Crippen LogP contribution in [0, 0.1) is 25.6 Å². The maximum absolute atomic E-state index is 13.5. The number of carbonyl (C=O) groups excluding carboxylic acids is 2. The predicted octanol–water partition coefficient (Wildman–Crippen LogP) is 2.98. The molecule has 2 aromatic rings. The number of amides is 2. The first-order valence-corrected chi connectivity index (χ1v) is 9.71. The fourth-order valence-corrected chi connectivity index (χ4v) is 4.89. The molecule has 5 rings (SSSR count). The van der Waals surface area contributed by atoms with Gasteiger partial charge in [-0.15, -0.1) is 0 Å². The van der Waals surface area contributed by atoms with E-state index in [1.54, 1.807) is 12.1 Å². The van der Waals surface area contributed by atoms with Crippen molar-refractivity contribution >= 4 is 17.5 Å². The number of hydrogen-bond donors (Lipinski definition) is 0. The van der Waals surface area contributed by atoms with E-state index >= 15 is 0 Å².